The van der Waals surface area contributed by atoms with Gasteiger partial charge in [0.15, 0.2) is 0 Å². The summed E-state index contributed by atoms with van der Waals surface area (Å²) in [6.45, 7) is 24.9. The Kier molecular flexibility index (Phi) is 25.0. The quantitative estimate of drug-likeness (QED) is 0.398. The molecule has 2 aromatic carbocycles. The highest BCUT2D eigenvalue weighted by atomic mass is 14.9. The van der Waals surface area contributed by atoms with Crippen LogP contribution in [0.15, 0.2) is 48.5 Å². The van der Waals surface area contributed by atoms with E-state index in [0.29, 0.717) is 24.2 Å². The van der Waals surface area contributed by atoms with Gasteiger partial charge in [-0.2, -0.15) is 0 Å². The molecule has 2 atom stereocenters. The highest BCUT2D eigenvalue weighted by Gasteiger charge is 2.20. The van der Waals surface area contributed by atoms with E-state index in [2.05, 4.69) is 86.9 Å². The molecule has 2 N–H and O–H groups in total. The first-order valence-electron chi connectivity index (χ1n) is 15.7. The number of rotatable bonds is 4. The third-order valence-electron chi connectivity index (χ3n) is 6.06. The molecule has 0 amide bonds. The normalized spacial score (nSPS) is 17.1. The van der Waals surface area contributed by atoms with Crippen LogP contribution in [0.1, 0.15) is 150 Å². The molecule has 0 aromatic heterocycles. The van der Waals surface area contributed by atoms with E-state index in [-0.39, 0.29) is 0 Å². The molecule has 214 valence electrons. The first-order chi connectivity index (χ1) is 18.0. The summed E-state index contributed by atoms with van der Waals surface area (Å²) in [6.07, 6.45) is 9.09. The van der Waals surface area contributed by atoms with E-state index in [4.69, 9.17) is 0 Å². The minimum Gasteiger partial charge on any atom is -0.308 e. The lowest BCUT2D eigenvalue weighted by molar-refractivity contribution is 0.423. The van der Waals surface area contributed by atoms with Gasteiger partial charge in [0.2, 0.25) is 0 Å². The van der Waals surface area contributed by atoms with Gasteiger partial charge in [-0.3, -0.25) is 0 Å². The van der Waals surface area contributed by atoms with Crippen molar-refractivity contribution in [3.8, 4) is 0 Å². The first kappa shape index (κ1) is 37.5. The second-order valence-electron chi connectivity index (χ2n) is 9.28. The summed E-state index contributed by atoms with van der Waals surface area (Å²) in [5.41, 5.74) is 6.14. The Labute approximate surface area is 233 Å². The zero-order valence-corrected chi connectivity index (χ0v) is 26.9. The maximum Gasteiger partial charge on any atom is 0.0325 e. The molecule has 2 nitrogen and oxygen atoms in total. The highest BCUT2D eigenvalue weighted by molar-refractivity contribution is 5.32. The van der Waals surface area contributed by atoms with Crippen molar-refractivity contribution in [2.45, 2.75) is 152 Å². The van der Waals surface area contributed by atoms with Gasteiger partial charge in [-0.1, -0.05) is 138 Å². The van der Waals surface area contributed by atoms with E-state index in [9.17, 15) is 0 Å². The van der Waals surface area contributed by atoms with E-state index in [1.807, 2.05) is 55.4 Å². The highest BCUT2D eigenvalue weighted by Crippen LogP contribution is 2.30. The van der Waals surface area contributed by atoms with Crippen molar-refractivity contribution in [2.24, 2.45) is 0 Å². The van der Waals surface area contributed by atoms with Crippen LogP contribution in [-0.4, -0.2) is 12.1 Å². The summed E-state index contributed by atoms with van der Waals surface area (Å²) >= 11 is 0. The molecule has 4 rings (SSSR count). The summed E-state index contributed by atoms with van der Waals surface area (Å²) < 4.78 is 0. The molecule has 0 heterocycles. The molecule has 0 saturated carbocycles. The lowest BCUT2D eigenvalue weighted by Crippen LogP contribution is -2.30. The Morgan fingerprint density at radius 3 is 1.27 bits per heavy atom. The van der Waals surface area contributed by atoms with Crippen LogP contribution in [0.25, 0.3) is 0 Å². The van der Waals surface area contributed by atoms with Crippen molar-refractivity contribution in [3.05, 3.63) is 70.8 Å². The Morgan fingerprint density at radius 1 is 0.514 bits per heavy atom. The molecule has 0 spiro atoms. The van der Waals surface area contributed by atoms with Gasteiger partial charge >= 0.3 is 0 Å². The molecule has 0 bridgehead atoms. The molecule has 37 heavy (non-hydrogen) atoms. The second kappa shape index (κ2) is 24.7. The van der Waals surface area contributed by atoms with Gasteiger partial charge < -0.3 is 10.6 Å². The number of fused-ring (bicyclic) bond motifs is 2. The minimum atomic E-state index is 0.571. The van der Waals surface area contributed by atoms with Crippen LogP contribution in [0.5, 0.6) is 0 Å². The second-order valence-corrected chi connectivity index (χ2v) is 9.28. The molecule has 0 radical (unpaired) electrons. The molecule has 2 aromatic rings. The van der Waals surface area contributed by atoms with Crippen molar-refractivity contribution in [1.82, 2.24) is 10.6 Å². The molecule has 0 aliphatic heterocycles. The van der Waals surface area contributed by atoms with Crippen molar-refractivity contribution in [3.63, 3.8) is 0 Å². The van der Waals surface area contributed by atoms with Crippen LogP contribution < -0.4 is 10.6 Å². The van der Waals surface area contributed by atoms with Gasteiger partial charge in [0.25, 0.3) is 0 Å². The summed E-state index contributed by atoms with van der Waals surface area (Å²) in [5.74, 6) is 0. The predicted molar refractivity (Wildman–Crippen MR) is 171 cm³/mol. The van der Waals surface area contributed by atoms with E-state index < -0.39 is 0 Å². The molecule has 2 aliphatic rings. The number of aryl methyl sites for hydroxylation is 2. The van der Waals surface area contributed by atoms with E-state index >= 15 is 0 Å². The summed E-state index contributed by atoms with van der Waals surface area (Å²) in [6, 6.07) is 20.1. The standard InChI is InChI=1S/C14H21N.C13H19N.4C2H6/c1-11(2)15-14-10-6-4-8-12-7-3-5-9-13(12)14;1-10(2)14-13-9-5-7-11-6-3-4-8-12(11)13;4*1-2/h3,5,7,9,11,14-15H,4,6,8,10H2,1-2H3;3-4,6,8,10,13-14H,5,7,9H2,1-2H3;4*1-2H3. The maximum atomic E-state index is 3.68. The van der Waals surface area contributed by atoms with Gasteiger partial charge in [-0.25, -0.2) is 0 Å². The third kappa shape index (κ3) is 14.8. The first-order valence-corrected chi connectivity index (χ1v) is 15.7. The zero-order chi connectivity index (χ0) is 28.6. The van der Waals surface area contributed by atoms with Crippen LogP contribution in [0.3, 0.4) is 0 Å². The minimum absolute atomic E-state index is 0.571. The maximum absolute atomic E-state index is 3.68. The fourth-order valence-electron chi connectivity index (χ4n) is 4.83. The Morgan fingerprint density at radius 2 is 0.865 bits per heavy atom. The molecule has 0 fully saturated rings. The van der Waals surface area contributed by atoms with Crippen LogP contribution in [0.4, 0.5) is 0 Å². The Balaban J connectivity index is 0. The number of benzene rings is 2. The fourth-order valence-corrected chi connectivity index (χ4v) is 4.83. The third-order valence-corrected chi connectivity index (χ3v) is 6.06. The molecule has 2 unspecified atom stereocenters. The predicted octanol–water partition coefficient (Wildman–Crippen LogP) is 10.6. The lowest BCUT2D eigenvalue weighted by Gasteiger charge is -2.28. The van der Waals surface area contributed by atoms with Crippen molar-refractivity contribution < 1.29 is 0 Å². The Hall–Kier alpha value is -1.64. The van der Waals surface area contributed by atoms with Crippen LogP contribution in [0.2, 0.25) is 0 Å². The van der Waals surface area contributed by atoms with Crippen molar-refractivity contribution in [1.29, 1.82) is 0 Å². The van der Waals surface area contributed by atoms with Crippen LogP contribution in [-0.2, 0) is 12.8 Å². The molecule has 2 aliphatic carbocycles. The van der Waals surface area contributed by atoms with Crippen LogP contribution in [0, 0.1) is 0 Å². The number of hydrogen-bond acceptors (Lipinski definition) is 2. The summed E-state index contributed by atoms with van der Waals surface area (Å²) in [7, 11) is 0. The van der Waals surface area contributed by atoms with Gasteiger partial charge in [0.05, 0.1) is 0 Å². The van der Waals surface area contributed by atoms with Gasteiger partial charge in [0.1, 0.15) is 0 Å². The number of nitrogens with one attached hydrogen (secondary N) is 2. The summed E-state index contributed by atoms with van der Waals surface area (Å²) in [5, 5.41) is 7.32. The monoisotopic (exact) mass is 513 g/mol. The van der Waals surface area contributed by atoms with Gasteiger partial charge in [-0.15, -0.1) is 0 Å². The van der Waals surface area contributed by atoms with Crippen LogP contribution >= 0.6 is 0 Å². The lowest BCUT2D eigenvalue weighted by atomic mass is 9.87. The largest absolute Gasteiger partial charge is 0.308 e. The smallest absolute Gasteiger partial charge is 0.0325 e. The summed E-state index contributed by atoms with van der Waals surface area (Å²) in [4.78, 5) is 0. The topological polar surface area (TPSA) is 24.1 Å². The Bertz CT molecular complexity index is 750. The molecular formula is C35H64N2. The fraction of sp³-hybridized carbons (Fsp3) is 0.657. The molecule has 0 saturated heterocycles. The van der Waals surface area contributed by atoms with E-state index in [1.165, 1.54) is 61.6 Å². The van der Waals surface area contributed by atoms with Gasteiger partial charge in [0, 0.05) is 24.2 Å². The number of hydrogen-bond donors (Lipinski definition) is 2. The average Bonchev–Trinajstić information content (AvgIpc) is 3.15. The molecule has 2 heteroatoms. The molecular weight excluding hydrogens is 448 g/mol. The zero-order valence-electron chi connectivity index (χ0n) is 26.9. The van der Waals surface area contributed by atoms with Gasteiger partial charge in [-0.05, 0) is 60.8 Å². The van der Waals surface area contributed by atoms with Crippen molar-refractivity contribution >= 4 is 0 Å². The van der Waals surface area contributed by atoms with E-state index in [1.54, 1.807) is 5.56 Å². The van der Waals surface area contributed by atoms with E-state index in [0.717, 1.165) is 0 Å². The average molecular weight is 513 g/mol. The van der Waals surface area contributed by atoms with Crippen molar-refractivity contribution in [2.75, 3.05) is 0 Å². The SMILES string of the molecule is CC.CC.CC.CC.CC(C)NC1CCCCc2ccccc21.CC(C)NC1CCCc2ccccc21.